The Morgan fingerprint density at radius 2 is 1.74 bits per heavy atom. The molecule has 2 heterocycles. The van der Waals surface area contributed by atoms with Gasteiger partial charge in [-0.25, -0.2) is 18.6 Å². The van der Waals surface area contributed by atoms with Gasteiger partial charge >= 0.3 is 5.97 Å². The molecule has 1 aromatic heterocycles. The van der Waals surface area contributed by atoms with Gasteiger partial charge < -0.3 is 14.2 Å². The molecule has 0 saturated carbocycles. The molecule has 1 aliphatic heterocycles. The third-order valence-electron chi connectivity index (χ3n) is 6.68. The van der Waals surface area contributed by atoms with Crippen LogP contribution in [0.5, 0.6) is 11.5 Å². The topological polar surface area (TPSA) is 79.1 Å². The fourth-order valence-electron chi connectivity index (χ4n) is 4.72. The van der Waals surface area contributed by atoms with E-state index in [4.69, 9.17) is 14.2 Å². The summed E-state index contributed by atoms with van der Waals surface area (Å²) in [5.74, 6) is -8.03. The minimum Gasteiger partial charge on any atom is -0.496 e. The number of carbonyl (C=O) groups excluding carboxylic acids is 1. The molecule has 7 nitrogen and oxygen atoms in total. The number of nitrogens with zero attached hydrogens (tertiary/aromatic N) is 2. The quantitative estimate of drug-likeness (QED) is 0.160. The van der Waals surface area contributed by atoms with Crippen LogP contribution in [0.4, 0.5) is 17.6 Å². The van der Waals surface area contributed by atoms with E-state index < -0.39 is 53.2 Å². The van der Waals surface area contributed by atoms with E-state index in [9.17, 15) is 27.2 Å². The smallest absolute Gasteiger partial charge is 0.338 e. The Morgan fingerprint density at radius 3 is 2.40 bits per heavy atom. The molecule has 0 N–H and O–H groups in total. The number of hydrogen-bond acceptors (Lipinski definition) is 7. The van der Waals surface area contributed by atoms with Crippen molar-refractivity contribution in [2.75, 3.05) is 13.7 Å². The Bertz CT molecular complexity index is 1910. The SMILES string of the molecule is CCOC(=O)C1=C(C)N=c2sc(=Cc3ccc(OC)c(COc4c(F)c(F)cc(F)c4F)c3)c(=O)n2[C@@H]1c1ccccc1. The van der Waals surface area contributed by atoms with Gasteiger partial charge in [0.2, 0.25) is 11.6 Å². The van der Waals surface area contributed by atoms with Crippen molar-refractivity contribution in [2.24, 2.45) is 4.99 Å². The number of methoxy groups -OCH3 is 1. The van der Waals surface area contributed by atoms with Crippen LogP contribution < -0.4 is 24.4 Å². The number of esters is 1. The zero-order chi connectivity index (χ0) is 30.8. The van der Waals surface area contributed by atoms with Crippen LogP contribution in [0.1, 0.15) is 36.6 Å². The van der Waals surface area contributed by atoms with Crippen LogP contribution in [0.3, 0.4) is 0 Å². The Kier molecular flexibility index (Phi) is 8.49. The highest BCUT2D eigenvalue weighted by Gasteiger charge is 2.33. The van der Waals surface area contributed by atoms with Gasteiger partial charge in [0.1, 0.15) is 12.4 Å². The van der Waals surface area contributed by atoms with Crippen LogP contribution in [0.25, 0.3) is 6.08 Å². The summed E-state index contributed by atoms with van der Waals surface area (Å²) in [4.78, 5) is 31.7. The fraction of sp³-hybridized carbons (Fsp3) is 0.194. The van der Waals surface area contributed by atoms with Crippen molar-refractivity contribution in [3.8, 4) is 11.5 Å². The summed E-state index contributed by atoms with van der Waals surface area (Å²) in [5.41, 5.74) is 1.76. The summed E-state index contributed by atoms with van der Waals surface area (Å²) in [7, 11) is 1.37. The second-order valence-corrected chi connectivity index (χ2v) is 10.4. The number of hydrogen-bond donors (Lipinski definition) is 0. The number of rotatable bonds is 8. The van der Waals surface area contributed by atoms with Crippen molar-refractivity contribution >= 4 is 23.4 Å². The third-order valence-corrected chi connectivity index (χ3v) is 7.66. The lowest BCUT2D eigenvalue weighted by atomic mass is 9.96. The van der Waals surface area contributed by atoms with E-state index in [0.29, 0.717) is 26.2 Å². The van der Waals surface area contributed by atoms with Gasteiger partial charge in [0.05, 0.1) is 35.6 Å². The number of halogens is 4. The van der Waals surface area contributed by atoms with Crippen molar-refractivity contribution < 1.29 is 36.6 Å². The fourth-order valence-corrected chi connectivity index (χ4v) is 5.77. The van der Waals surface area contributed by atoms with E-state index in [1.165, 1.54) is 11.7 Å². The van der Waals surface area contributed by atoms with Crippen molar-refractivity contribution in [2.45, 2.75) is 26.5 Å². The maximum atomic E-state index is 14.1. The zero-order valence-electron chi connectivity index (χ0n) is 23.1. The monoisotopic (exact) mass is 612 g/mol. The van der Waals surface area contributed by atoms with Crippen LogP contribution in [0, 0.1) is 23.3 Å². The molecule has 4 aromatic rings. The summed E-state index contributed by atoms with van der Waals surface area (Å²) in [6, 6.07) is 13.1. The Hall–Kier alpha value is -4.71. The molecular formula is C31H24F4N2O5S. The first-order valence-corrected chi connectivity index (χ1v) is 13.8. The predicted molar refractivity (Wildman–Crippen MR) is 150 cm³/mol. The van der Waals surface area contributed by atoms with Crippen LogP contribution in [0.15, 0.2) is 75.7 Å². The summed E-state index contributed by atoms with van der Waals surface area (Å²) in [6.07, 6.45) is 1.58. The Morgan fingerprint density at radius 1 is 1.05 bits per heavy atom. The van der Waals surface area contributed by atoms with Gasteiger partial charge in [0.25, 0.3) is 5.56 Å². The first-order chi connectivity index (χ1) is 20.6. The summed E-state index contributed by atoms with van der Waals surface area (Å²) in [6.45, 7) is 3.03. The average Bonchev–Trinajstić information content (AvgIpc) is 3.29. The number of allylic oxidation sites excluding steroid dienone is 1. The Balaban J connectivity index is 1.57. The molecule has 0 aliphatic carbocycles. The van der Waals surface area contributed by atoms with E-state index >= 15 is 0 Å². The molecule has 3 aromatic carbocycles. The minimum absolute atomic E-state index is 0.0914. The molecule has 0 unspecified atom stereocenters. The van der Waals surface area contributed by atoms with Gasteiger partial charge in [0, 0.05) is 11.6 Å². The molecular weight excluding hydrogens is 588 g/mol. The maximum absolute atomic E-state index is 14.1. The number of aromatic nitrogens is 1. The van der Waals surface area contributed by atoms with E-state index in [1.807, 2.05) is 18.2 Å². The number of thiazole rings is 1. The standard InChI is InChI=1S/C31H24F4N2O5S/c1-4-41-30(39)24-16(2)36-31-37(27(24)18-8-6-5-7-9-18)29(38)23(43-31)13-17-10-11-22(40-3)19(12-17)15-42-28-25(34)20(32)14-21(33)26(28)35/h5-14,27H,4,15H2,1-3H3/t27-/m1/s1. The molecule has 0 fully saturated rings. The van der Waals surface area contributed by atoms with Gasteiger partial charge in [-0.2, -0.15) is 8.78 Å². The zero-order valence-corrected chi connectivity index (χ0v) is 23.9. The largest absolute Gasteiger partial charge is 0.496 e. The molecule has 1 aliphatic rings. The second-order valence-electron chi connectivity index (χ2n) is 9.37. The van der Waals surface area contributed by atoms with E-state index in [2.05, 4.69) is 4.99 Å². The number of carbonyl (C=O) groups is 1. The molecule has 12 heteroatoms. The first kappa shape index (κ1) is 29.8. The molecule has 0 radical (unpaired) electrons. The van der Waals surface area contributed by atoms with E-state index in [-0.39, 0.29) is 29.6 Å². The molecule has 43 heavy (non-hydrogen) atoms. The number of fused-ring (bicyclic) bond motifs is 1. The lowest BCUT2D eigenvalue weighted by molar-refractivity contribution is -0.139. The third kappa shape index (κ3) is 5.70. The van der Waals surface area contributed by atoms with Crippen molar-refractivity contribution in [1.82, 2.24) is 4.57 Å². The highest BCUT2D eigenvalue weighted by Crippen LogP contribution is 2.31. The van der Waals surface area contributed by atoms with Crippen LogP contribution >= 0.6 is 11.3 Å². The lowest BCUT2D eigenvalue weighted by Crippen LogP contribution is -2.39. The van der Waals surface area contributed by atoms with Crippen molar-refractivity contribution in [3.63, 3.8) is 0 Å². The summed E-state index contributed by atoms with van der Waals surface area (Å²) in [5, 5.41) is 0. The molecule has 0 amide bonds. The maximum Gasteiger partial charge on any atom is 0.338 e. The summed E-state index contributed by atoms with van der Waals surface area (Å²) < 4.78 is 73.0. The lowest BCUT2D eigenvalue weighted by Gasteiger charge is -2.24. The second kappa shape index (κ2) is 12.3. The highest BCUT2D eigenvalue weighted by atomic mass is 32.1. The Labute approximate surface area is 246 Å². The molecule has 5 rings (SSSR count). The normalized spacial score (nSPS) is 14.8. The molecule has 0 spiro atoms. The van der Waals surface area contributed by atoms with Crippen LogP contribution in [-0.4, -0.2) is 24.3 Å². The van der Waals surface area contributed by atoms with E-state index in [1.54, 1.807) is 50.3 Å². The van der Waals surface area contributed by atoms with Crippen LogP contribution in [-0.2, 0) is 16.1 Å². The molecule has 1 atom stereocenters. The van der Waals surface area contributed by atoms with Crippen molar-refractivity contribution in [1.29, 1.82) is 0 Å². The van der Waals surface area contributed by atoms with Crippen LogP contribution in [0.2, 0.25) is 0 Å². The van der Waals surface area contributed by atoms with Gasteiger partial charge in [-0.15, -0.1) is 0 Å². The summed E-state index contributed by atoms with van der Waals surface area (Å²) >= 11 is 1.12. The van der Waals surface area contributed by atoms with E-state index in [0.717, 1.165) is 11.3 Å². The minimum atomic E-state index is -1.67. The first-order valence-electron chi connectivity index (χ1n) is 13.0. The average molecular weight is 613 g/mol. The molecule has 222 valence electrons. The number of ether oxygens (including phenoxy) is 3. The van der Waals surface area contributed by atoms with Gasteiger partial charge in [-0.3, -0.25) is 9.36 Å². The van der Waals surface area contributed by atoms with Gasteiger partial charge in [-0.05, 0) is 43.2 Å². The van der Waals surface area contributed by atoms with Gasteiger partial charge in [0.15, 0.2) is 22.2 Å². The van der Waals surface area contributed by atoms with Crippen molar-refractivity contribution in [3.05, 3.63) is 126 Å². The molecule has 0 saturated heterocycles. The number of benzene rings is 3. The highest BCUT2D eigenvalue weighted by molar-refractivity contribution is 7.07. The molecule has 0 bridgehead atoms. The van der Waals surface area contributed by atoms with Gasteiger partial charge in [-0.1, -0.05) is 47.7 Å². The predicted octanol–water partition coefficient (Wildman–Crippen LogP) is 4.94.